The summed E-state index contributed by atoms with van der Waals surface area (Å²) >= 11 is 4.63. The van der Waals surface area contributed by atoms with Crippen molar-refractivity contribution in [2.75, 3.05) is 13.2 Å². The summed E-state index contributed by atoms with van der Waals surface area (Å²) in [5.41, 5.74) is 0. The Morgan fingerprint density at radius 3 is 2.45 bits per heavy atom. The second kappa shape index (κ2) is 7.65. The van der Waals surface area contributed by atoms with E-state index in [9.17, 15) is 19.2 Å². The molecule has 20 heavy (non-hydrogen) atoms. The number of aliphatic hydroxyl groups excluding tert-OH is 1. The highest BCUT2D eigenvalue weighted by atomic mass is 32.1. The molecule has 0 aromatic rings. The van der Waals surface area contributed by atoms with Gasteiger partial charge in [-0.25, -0.2) is 4.79 Å². The fraction of sp³-hybridized carbons (Fsp3) is 0.545. The molecule has 1 rings (SSSR count). The number of thiocarbonyl (C=S) groups is 1. The first-order valence-corrected chi connectivity index (χ1v) is 6.24. The van der Waals surface area contributed by atoms with E-state index >= 15 is 0 Å². The second-order valence-corrected chi connectivity index (χ2v) is 4.35. The van der Waals surface area contributed by atoms with Gasteiger partial charge in [0, 0.05) is 12.8 Å². The quantitative estimate of drug-likeness (QED) is 0.373. The molecule has 1 aliphatic heterocycles. The van der Waals surface area contributed by atoms with Gasteiger partial charge in [0.05, 0.1) is 17.9 Å². The van der Waals surface area contributed by atoms with E-state index in [0.717, 1.165) is 0 Å². The van der Waals surface area contributed by atoms with Gasteiger partial charge in [-0.2, -0.15) is 0 Å². The number of carbonyl (C=O) groups excluding carboxylic acids is 4. The lowest BCUT2D eigenvalue weighted by molar-refractivity contribution is -0.196. The molecule has 0 radical (unpaired) electrons. The third kappa shape index (κ3) is 4.67. The topological polar surface area (TPSA) is 110 Å². The molecule has 110 valence electrons. The molecule has 0 aliphatic carbocycles. The molecule has 0 unspecified atom stereocenters. The molecule has 8 nitrogen and oxygen atoms in total. The van der Waals surface area contributed by atoms with E-state index in [2.05, 4.69) is 21.8 Å². The second-order valence-electron chi connectivity index (χ2n) is 3.85. The van der Waals surface area contributed by atoms with E-state index in [-0.39, 0.29) is 43.8 Å². The first-order valence-electron chi connectivity index (χ1n) is 5.83. The Labute approximate surface area is 119 Å². The van der Waals surface area contributed by atoms with Gasteiger partial charge in [-0.1, -0.05) is 17.3 Å². The van der Waals surface area contributed by atoms with Crippen molar-refractivity contribution >= 4 is 40.8 Å². The number of aliphatic hydroxyl groups is 1. The molecule has 0 bridgehead atoms. The van der Waals surface area contributed by atoms with Crippen LogP contribution in [-0.4, -0.2) is 52.0 Å². The Morgan fingerprint density at radius 2 is 1.90 bits per heavy atom. The summed E-state index contributed by atoms with van der Waals surface area (Å²) in [5, 5.41) is 8.77. The zero-order valence-electron chi connectivity index (χ0n) is 10.5. The lowest BCUT2D eigenvalue weighted by atomic mass is 10.2. The first-order chi connectivity index (χ1) is 9.45. The third-order valence-corrected chi connectivity index (χ3v) is 2.59. The minimum atomic E-state index is -0.814. The number of carbonyl (C=O) groups is 4. The van der Waals surface area contributed by atoms with Crippen LogP contribution >= 0.6 is 12.2 Å². The predicted octanol–water partition coefficient (Wildman–Crippen LogP) is -0.721. The van der Waals surface area contributed by atoms with Crippen LogP contribution in [0.5, 0.6) is 0 Å². The maximum Gasteiger partial charge on any atom is 0.333 e. The minimum absolute atomic E-state index is 0.0323. The average Bonchev–Trinajstić information content (AvgIpc) is 2.63. The van der Waals surface area contributed by atoms with Crippen LogP contribution in [0, 0.1) is 0 Å². The molecule has 0 atom stereocenters. The highest BCUT2D eigenvalue weighted by molar-refractivity contribution is 7.82. The molecule has 9 heteroatoms. The number of amides is 2. The van der Waals surface area contributed by atoms with Crippen LogP contribution in [-0.2, 0) is 28.8 Å². The maximum atomic E-state index is 11.4. The molecular weight excluding hydrogens is 290 g/mol. The number of hydrogen-bond donors (Lipinski definition) is 1. The Hall–Kier alpha value is -1.87. The standard InChI is InChI=1S/C11H13NO7S/c13-4-5-18-9(15)2-1-3-10(16)19-12-8(14)6-7(20)11(12)17/h13H,1-6H2. The van der Waals surface area contributed by atoms with Gasteiger partial charge in [0.1, 0.15) is 6.61 Å². The molecule has 0 aromatic heterocycles. The van der Waals surface area contributed by atoms with E-state index in [0.29, 0.717) is 5.06 Å². The summed E-state index contributed by atoms with van der Waals surface area (Å²) in [6.07, 6.45) is -0.286. The van der Waals surface area contributed by atoms with Crippen molar-refractivity contribution in [3.05, 3.63) is 0 Å². The number of nitrogens with zero attached hydrogens (tertiary/aromatic N) is 1. The summed E-state index contributed by atoms with van der Waals surface area (Å²) in [6, 6.07) is 0. The van der Waals surface area contributed by atoms with Crippen molar-refractivity contribution in [1.82, 2.24) is 5.06 Å². The maximum absolute atomic E-state index is 11.4. The highest BCUT2D eigenvalue weighted by Crippen LogP contribution is 2.12. The summed E-state index contributed by atoms with van der Waals surface area (Å²) in [6.45, 7) is -0.371. The largest absolute Gasteiger partial charge is 0.463 e. The van der Waals surface area contributed by atoms with Crippen molar-refractivity contribution in [2.45, 2.75) is 25.7 Å². The number of imide groups is 1. The molecule has 2 amide bonds. The normalized spacial score (nSPS) is 14.7. The number of esters is 1. The van der Waals surface area contributed by atoms with Crippen molar-refractivity contribution in [3.8, 4) is 0 Å². The number of hydroxylamine groups is 2. The Bertz CT molecular complexity index is 448. The van der Waals surface area contributed by atoms with Crippen molar-refractivity contribution in [2.24, 2.45) is 0 Å². The number of ether oxygens (including phenoxy) is 1. The molecule has 0 spiro atoms. The predicted molar refractivity (Wildman–Crippen MR) is 67.1 cm³/mol. The Morgan fingerprint density at radius 1 is 1.25 bits per heavy atom. The molecule has 1 N–H and O–H groups in total. The first kappa shape index (κ1) is 16.2. The van der Waals surface area contributed by atoms with Gasteiger partial charge < -0.3 is 14.7 Å². The SMILES string of the molecule is O=C(CCCC(=O)ON1C(=O)CC(=S)C1=O)OCCO. The van der Waals surface area contributed by atoms with Crippen molar-refractivity contribution < 1.29 is 33.9 Å². The fourth-order valence-electron chi connectivity index (χ4n) is 1.36. The summed E-state index contributed by atoms with van der Waals surface area (Å²) < 4.78 is 4.58. The summed E-state index contributed by atoms with van der Waals surface area (Å²) in [7, 11) is 0. The van der Waals surface area contributed by atoms with Crippen molar-refractivity contribution in [3.63, 3.8) is 0 Å². The van der Waals surface area contributed by atoms with E-state index in [4.69, 9.17) is 5.11 Å². The molecule has 0 saturated carbocycles. The van der Waals surface area contributed by atoms with E-state index in [1.807, 2.05) is 0 Å². The Balaban J connectivity index is 2.27. The van der Waals surface area contributed by atoms with Crippen LogP contribution in [0.1, 0.15) is 25.7 Å². The lowest BCUT2D eigenvalue weighted by Gasteiger charge is -2.11. The monoisotopic (exact) mass is 303 g/mol. The van der Waals surface area contributed by atoms with Gasteiger partial charge in [0.25, 0.3) is 5.91 Å². The van der Waals surface area contributed by atoms with Crippen LogP contribution in [0.25, 0.3) is 0 Å². The van der Waals surface area contributed by atoms with E-state index < -0.39 is 23.8 Å². The summed E-state index contributed by atoms with van der Waals surface area (Å²) in [4.78, 5) is 49.5. The smallest absolute Gasteiger partial charge is 0.333 e. The highest BCUT2D eigenvalue weighted by Gasteiger charge is 2.37. The molecular formula is C11H13NO7S. The molecule has 1 aliphatic rings. The Kier molecular flexibility index (Phi) is 6.19. The fourth-order valence-corrected chi connectivity index (χ4v) is 1.57. The molecule has 1 saturated heterocycles. The van der Waals surface area contributed by atoms with E-state index in [1.54, 1.807) is 0 Å². The zero-order valence-corrected chi connectivity index (χ0v) is 11.3. The van der Waals surface area contributed by atoms with Crippen LogP contribution < -0.4 is 0 Å². The van der Waals surface area contributed by atoms with Crippen molar-refractivity contribution in [1.29, 1.82) is 0 Å². The van der Waals surface area contributed by atoms with Gasteiger partial charge in [0.2, 0.25) is 0 Å². The molecule has 0 aromatic carbocycles. The van der Waals surface area contributed by atoms with Gasteiger partial charge in [-0.3, -0.25) is 14.4 Å². The number of hydrogen-bond acceptors (Lipinski definition) is 8. The van der Waals surface area contributed by atoms with Gasteiger partial charge in [-0.15, -0.1) is 0 Å². The lowest BCUT2D eigenvalue weighted by Crippen LogP contribution is -2.33. The van der Waals surface area contributed by atoms with Gasteiger partial charge in [-0.05, 0) is 6.42 Å². The molecule has 1 heterocycles. The number of rotatable bonds is 7. The summed E-state index contributed by atoms with van der Waals surface area (Å²) in [5.74, 6) is -2.86. The van der Waals surface area contributed by atoms with Gasteiger partial charge >= 0.3 is 17.8 Å². The average molecular weight is 303 g/mol. The van der Waals surface area contributed by atoms with Crippen LogP contribution in [0.2, 0.25) is 0 Å². The van der Waals surface area contributed by atoms with Crippen LogP contribution in [0.15, 0.2) is 0 Å². The minimum Gasteiger partial charge on any atom is -0.463 e. The van der Waals surface area contributed by atoms with Gasteiger partial charge in [0.15, 0.2) is 0 Å². The van der Waals surface area contributed by atoms with Crippen LogP contribution in [0.3, 0.4) is 0 Å². The molecule has 1 fully saturated rings. The van der Waals surface area contributed by atoms with Crippen LogP contribution in [0.4, 0.5) is 0 Å². The zero-order chi connectivity index (χ0) is 15.1. The third-order valence-electron chi connectivity index (χ3n) is 2.27. The van der Waals surface area contributed by atoms with E-state index in [1.165, 1.54) is 0 Å².